The Hall–Kier alpha value is -2.46. The Morgan fingerprint density at radius 1 is 1.04 bits per heavy atom. The zero-order valence-corrected chi connectivity index (χ0v) is 16.9. The van der Waals surface area contributed by atoms with E-state index in [0.717, 1.165) is 24.3 Å². The Labute approximate surface area is 167 Å². The largest absolute Gasteiger partial charge is 0.497 e. The second-order valence-electron chi connectivity index (χ2n) is 7.71. The fourth-order valence-corrected chi connectivity index (χ4v) is 4.41. The molecule has 1 atom stereocenters. The van der Waals surface area contributed by atoms with Crippen molar-refractivity contribution in [1.29, 1.82) is 0 Å². The van der Waals surface area contributed by atoms with Crippen molar-refractivity contribution in [2.45, 2.75) is 38.1 Å². The van der Waals surface area contributed by atoms with E-state index in [1.165, 1.54) is 54.4 Å². The van der Waals surface area contributed by atoms with E-state index in [-0.39, 0.29) is 0 Å². The third-order valence-electron chi connectivity index (χ3n) is 6.00. The fraction of sp³-hybridized carbons (Fsp3) is 0.417. The first-order valence-electron chi connectivity index (χ1n) is 10.3. The Balaban J connectivity index is 1.35. The molecule has 1 fully saturated rings. The number of hydrogen-bond acceptors (Lipinski definition) is 3. The van der Waals surface area contributed by atoms with E-state index in [4.69, 9.17) is 9.47 Å². The molecule has 2 aromatic carbocycles. The molecule has 0 saturated carbocycles. The van der Waals surface area contributed by atoms with Crippen molar-refractivity contribution < 1.29 is 9.47 Å². The van der Waals surface area contributed by atoms with Crippen molar-refractivity contribution in [1.82, 2.24) is 9.88 Å². The first kappa shape index (κ1) is 18.9. The van der Waals surface area contributed by atoms with Gasteiger partial charge in [0.1, 0.15) is 11.5 Å². The van der Waals surface area contributed by atoms with Crippen LogP contribution in [0.1, 0.15) is 30.4 Å². The van der Waals surface area contributed by atoms with Crippen LogP contribution in [0.3, 0.4) is 0 Å². The highest BCUT2D eigenvalue weighted by atomic mass is 16.5. The van der Waals surface area contributed by atoms with Crippen molar-refractivity contribution in [3.05, 3.63) is 59.8 Å². The number of aromatic nitrogens is 1. The molecule has 2 heterocycles. The van der Waals surface area contributed by atoms with Gasteiger partial charge in [0.05, 0.1) is 14.2 Å². The Kier molecular flexibility index (Phi) is 5.87. The fourth-order valence-electron chi connectivity index (χ4n) is 4.41. The molecule has 1 saturated heterocycles. The third-order valence-corrected chi connectivity index (χ3v) is 6.00. The topological polar surface area (TPSA) is 37.5 Å². The van der Waals surface area contributed by atoms with E-state index < -0.39 is 0 Å². The average Bonchev–Trinajstić information content (AvgIpc) is 3.35. The van der Waals surface area contributed by atoms with E-state index in [2.05, 4.69) is 52.5 Å². The van der Waals surface area contributed by atoms with Crippen LogP contribution in [0.25, 0.3) is 10.9 Å². The molecule has 4 nitrogen and oxygen atoms in total. The van der Waals surface area contributed by atoms with Crippen molar-refractivity contribution in [3.8, 4) is 11.5 Å². The lowest BCUT2D eigenvalue weighted by molar-refractivity contribution is 0.250. The lowest BCUT2D eigenvalue weighted by Crippen LogP contribution is -2.32. The molecule has 0 aliphatic carbocycles. The van der Waals surface area contributed by atoms with Crippen molar-refractivity contribution >= 4 is 10.9 Å². The number of nitrogens with zero attached hydrogens (tertiary/aromatic N) is 1. The molecule has 1 aromatic heterocycles. The lowest BCUT2D eigenvalue weighted by atomic mass is 10.0. The third kappa shape index (κ3) is 4.17. The van der Waals surface area contributed by atoms with Gasteiger partial charge >= 0.3 is 0 Å². The number of ether oxygens (including phenoxy) is 2. The molecular formula is C24H30N2O2. The predicted octanol–water partition coefficient (Wildman–Crippen LogP) is 4.82. The van der Waals surface area contributed by atoms with Gasteiger partial charge in [0, 0.05) is 23.1 Å². The van der Waals surface area contributed by atoms with E-state index in [9.17, 15) is 0 Å². The number of nitrogens with one attached hydrogen (secondary N) is 1. The normalized spacial score (nSPS) is 17.3. The number of hydrogen-bond donors (Lipinski definition) is 1. The van der Waals surface area contributed by atoms with Crippen molar-refractivity contribution in [3.63, 3.8) is 0 Å². The Morgan fingerprint density at radius 3 is 2.61 bits per heavy atom. The summed E-state index contributed by atoms with van der Waals surface area (Å²) in [5, 5.41) is 1.30. The van der Waals surface area contributed by atoms with Crippen LogP contribution in [0.15, 0.2) is 48.7 Å². The van der Waals surface area contributed by atoms with Crippen LogP contribution in [0.4, 0.5) is 0 Å². The molecule has 0 bridgehead atoms. The summed E-state index contributed by atoms with van der Waals surface area (Å²) in [6.45, 7) is 2.39. The van der Waals surface area contributed by atoms with Crippen LogP contribution in [-0.4, -0.2) is 43.2 Å². The first-order valence-corrected chi connectivity index (χ1v) is 10.3. The summed E-state index contributed by atoms with van der Waals surface area (Å²) in [6, 6.07) is 15.4. The van der Waals surface area contributed by atoms with Gasteiger partial charge in [0.25, 0.3) is 0 Å². The van der Waals surface area contributed by atoms with Crippen LogP contribution in [0.5, 0.6) is 11.5 Å². The van der Waals surface area contributed by atoms with E-state index in [1.54, 1.807) is 14.2 Å². The zero-order valence-electron chi connectivity index (χ0n) is 16.9. The molecule has 28 heavy (non-hydrogen) atoms. The number of aryl methyl sites for hydroxylation is 1. The van der Waals surface area contributed by atoms with E-state index in [1.807, 2.05) is 6.07 Å². The molecule has 148 valence electrons. The zero-order chi connectivity index (χ0) is 19.3. The maximum atomic E-state index is 5.42. The highest BCUT2D eigenvalue weighted by molar-refractivity contribution is 5.84. The summed E-state index contributed by atoms with van der Waals surface area (Å²) in [5.41, 5.74) is 3.99. The number of likely N-dealkylation sites (tertiary alicyclic amines) is 1. The van der Waals surface area contributed by atoms with Gasteiger partial charge in [-0.1, -0.05) is 12.1 Å². The smallest absolute Gasteiger partial charge is 0.119 e. The second-order valence-corrected chi connectivity index (χ2v) is 7.71. The number of methoxy groups -OCH3 is 2. The van der Waals surface area contributed by atoms with E-state index in [0.29, 0.717) is 6.04 Å². The van der Waals surface area contributed by atoms with Crippen molar-refractivity contribution in [2.75, 3.05) is 27.3 Å². The Morgan fingerprint density at radius 2 is 1.82 bits per heavy atom. The van der Waals surface area contributed by atoms with Crippen molar-refractivity contribution in [2.24, 2.45) is 0 Å². The van der Waals surface area contributed by atoms with Gasteiger partial charge < -0.3 is 19.4 Å². The second kappa shape index (κ2) is 8.70. The van der Waals surface area contributed by atoms with Crippen LogP contribution >= 0.6 is 0 Å². The quantitative estimate of drug-likeness (QED) is 0.610. The van der Waals surface area contributed by atoms with Crippen LogP contribution in [0.2, 0.25) is 0 Å². The minimum absolute atomic E-state index is 0.640. The van der Waals surface area contributed by atoms with Gasteiger partial charge in [-0.2, -0.15) is 0 Å². The summed E-state index contributed by atoms with van der Waals surface area (Å²) < 4.78 is 10.7. The SMILES string of the molecule is COc1ccc(CCCN2CCC[C@@H]2Cc2c[nH]c3ccc(OC)cc23)cc1. The number of benzene rings is 2. The molecule has 1 N–H and O–H groups in total. The van der Waals surface area contributed by atoms with Gasteiger partial charge in [0.2, 0.25) is 0 Å². The number of fused-ring (bicyclic) bond motifs is 1. The van der Waals surface area contributed by atoms with Gasteiger partial charge in [-0.15, -0.1) is 0 Å². The summed E-state index contributed by atoms with van der Waals surface area (Å²) >= 11 is 0. The number of rotatable bonds is 8. The number of aromatic amines is 1. The van der Waals surface area contributed by atoms with E-state index >= 15 is 0 Å². The monoisotopic (exact) mass is 378 g/mol. The molecule has 0 amide bonds. The summed E-state index contributed by atoms with van der Waals surface area (Å²) in [4.78, 5) is 6.10. The molecule has 4 heteroatoms. The van der Waals surface area contributed by atoms with Gasteiger partial charge in [-0.25, -0.2) is 0 Å². The maximum absolute atomic E-state index is 5.42. The lowest BCUT2D eigenvalue weighted by Gasteiger charge is -2.24. The van der Waals surface area contributed by atoms with Crippen LogP contribution < -0.4 is 9.47 Å². The van der Waals surface area contributed by atoms with Crippen LogP contribution in [0, 0.1) is 0 Å². The van der Waals surface area contributed by atoms with Gasteiger partial charge in [-0.05, 0) is 86.7 Å². The maximum Gasteiger partial charge on any atom is 0.119 e. The number of H-pyrrole nitrogens is 1. The van der Waals surface area contributed by atoms with Gasteiger partial charge in [-0.3, -0.25) is 0 Å². The predicted molar refractivity (Wildman–Crippen MR) is 114 cm³/mol. The standard InChI is InChI=1S/C24H30N2O2/c1-27-21-9-7-18(8-10-21)5-3-13-26-14-4-6-20(26)15-19-17-25-24-12-11-22(28-2)16-23(19)24/h7-12,16-17,20,25H,3-6,13-15H2,1-2H3/t20-/m1/s1. The summed E-state index contributed by atoms with van der Waals surface area (Å²) in [7, 11) is 3.45. The first-order chi connectivity index (χ1) is 13.8. The van der Waals surface area contributed by atoms with Gasteiger partial charge in [0.15, 0.2) is 0 Å². The highest BCUT2D eigenvalue weighted by Crippen LogP contribution is 2.28. The minimum Gasteiger partial charge on any atom is -0.497 e. The highest BCUT2D eigenvalue weighted by Gasteiger charge is 2.25. The average molecular weight is 379 g/mol. The molecule has 1 aliphatic heterocycles. The molecule has 4 rings (SSSR count). The van der Waals surface area contributed by atoms with Crippen LogP contribution in [-0.2, 0) is 12.8 Å². The Bertz CT molecular complexity index is 901. The molecule has 0 radical (unpaired) electrons. The molecular weight excluding hydrogens is 348 g/mol. The molecule has 1 aliphatic rings. The molecule has 0 unspecified atom stereocenters. The summed E-state index contributed by atoms with van der Waals surface area (Å²) in [6.07, 6.45) is 8.20. The molecule has 3 aromatic rings. The summed E-state index contributed by atoms with van der Waals surface area (Å²) in [5.74, 6) is 1.86. The minimum atomic E-state index is 0.640. The molecule has 0 spiro atoms.